The van der Waals surface area contributed by atoms with Crippen LogP contribution in [0.2, 0.25) is 0 Å². The van der Waals surface area contributed by atoms with E-state index in [1.165, 1.54) is 0 Å². The van der Waals surface area contributed by atoms with Gasteiger partial charge in [0.15, 0.2) is 5.82 Å². The summed E-state index contributed by atoms with van der Waals surface area (Å²) in [7, 11) is 0. The van der Waals surface area contributed by atoms with Gasteiger partial charge >= 0.3 is 0 Å². The molecule has 0 saturated heterocycles. The molecular formula is C14H19N5O. The zero-order valence-electron chi connectivity index (χ0n) is 12.0. The highest BCUT2D eigenvalue weighted by molar-refractivity contribution is 5.94. The van der Waals surface area contributed by atoms with Crippen LogP contribution in [0.1, 0.15) is 36.5 Å². The van der Waals surface area contributed by atoms with Gasteiger partial charge in [0.05, 0.1) is 5.69 Å². The molecule has 0 atom stereocenters. The van der Waals surface area contributed by atoms with E-state index in [2.05, 4.69) is 34.7 Å². The van der Waals surface area contributed by atoms with Gasteiger partial charge in [0.1, 0.15) is 0 Å². The molecule has 2 rings (SSSR count). The number of carbonyl (C=O) groups excluding carboxylic acids is 1. The van der Waals surface area contributed by atoms with Gasteiger partial charge in [0.25, 0.3) is 5.91 Å². The summed E-state index contributed by atoms with van der Waals surface area (Å²) in [6, 6.07) is 7.23. The summed E-state index contributed by atoms with van der Waals surface area (Å²) in [5, 5.41) is 14.2. The number of nitrogens with one attached hydrogen (secondary N) is 1. The fourth-order valence-corrected chi connectivity index (χ4v) is 1.80. The molecule has 0 aliphatic heterocycles. The number of rotatable bonds is 5. The summed E-state index contributed by atoms with van der Waals surface area (Å²) < 4.78 is 1.63. The van der Waals surface area contributed by atoms with E-state index in [9.17, 15) is 4.79 Å². The second-order valence-electron chi connectivity index (χ2n) is 5.12. The minimum absolute atomic E-state index is 0.0503. The van der Waals surface area contributed by atoms with Crippen molar-refractivity contribution in [3.05, 3.63) is 35.7 Å². The average Bonchev–Trinajstić information content (AvgIpc) is 2.84. The van der Waals surface area contributed by atoms with Crippen LogP contribution in [0.5, 0.6) is 0 Å². The maximum Gasteiger partial charge on any atom is 0.251 e. The predicted octanol–water partition coefficient (Wildman–Crippen LogP) is 1.75. The van der Waals surface area contributed by atoms with E-state index >= 15 is 0 Å². The molecule has 0 aliphatic carbocycles. The monoisotopic (exact) mass is 273 g/mol. The number of hydrogen-bond donors (Lipinski definition) is 1. The third kappa shape index (κ3) is 3.40. The van der Waals surface area contributed by atoms with E-state index in [-0.39, 0.29) is 5.91 Å². The fraction of sp³-hybridized carbons (Fsp3) is 0.429. The molecule has 0 saturated carbocycles. The van der Waals surface area contributed by atoms with Crippen molar-refractivity contribution in [1.29, 1.82) is 0 Å². The van der Waals surface area contributed by atoms with Crippen LogP contribution in [0.4, 0.5) is 0 Å². The molecule has 6 nitrogen and oxygen atoms in total. The lowest BCUT2D eigenvalue weighted by Gasteiger charge is -2.08. The molecule has 0 aliphatic rings. The van der Waals surface area contributed by atoms with Crippen LogP contribution in [0, 0.1) is 12.8 Å². The van der Waals surface area contributed by atoms with Crippen LogP contribution in [-0.4, -0.2) is 32.7 Å². The van der Waals surface area contributed by atoms with Gasteiger partial charge < -0.3 is 5.32 Å². The highest BCUT2D eigenvalue weighted by Crippen LogP contribution is 2.09. The van der Waals surface area contributed by atoms with E-state index in [0.717, 1.165) is 12.1 Å². The van der Waals surface area contributed by atoms with Crippen LogP contribution in [-0.2, 0) is 0 Å². The molecule has 0 fully saturated rings. The number of amides is 1. The van der Waals surface area contributed by atoms with Crippen molar-refractivity contribution in [3.63, 3.8) is 0 Å². The van der Waals surface area contributed by atoms with E-state index in [1.54, 1.807) is 16.8 Å². The van der Waals surface area contributed by atoms with Gasteiger partial charge in [-0.1, -0.05) is 13.8 Å². The standard InChI is InChI=1S/C14H19N5O/c1-10(2)8-9-15-14(20)12-4-6-13(7-5-12)19-11(3)16-17-18-19/h4-7,10H,8-9H2,1-3H3,(H,15,20). The number of nitrogens with zero attached hydrogens (tertiary/aromatic N) is 4. The van der Waals surface area contributed by atoms with Crippen LogP contribution in [0.3, 0.4) is 0 Å². The molecule has 0 radical (unpaired) electrons. The van der Waals surface area contributed by atoms with Gasteiger partial charge in [-0.25, -0.2) is 0 Å². The fourth-order valence-electron chi connectivity index (χ4n) is 1.80. The van der Waals surface area contributed by atoms with Gasteiger partial charge in [-0.05, 0) is 54.0 Å². The molecule has 106 valence electrons. The number of aryl methyl sites for hydroxylation is 1. The first-order valence-corrected chi connectivity index (χ1v) is 6.71. The summed E-state index contributed by atoms with van der Waals surface area (Å²) in [6.45, 7) is 6.79. The molecule has 0 spiro atoms. The summed E-state index contributed by atoms with van der Waals surface area (Å²) in [4.78, 5) is 11.9. The third-order valence-corrected chi connectivity index (χ3v) is 3.01. The van der Waals surface area contributed by atoms with E-state index in [0.29, 0.717) is 23.9 Å². The molecule has 1 heterocycles. The molecule has 1 aromatic heterocycles. The highest BCUT2D eigenvalue weighted by atomic mass is 16.1. The zero-order chi connectivity index (χ0) is 14.5. The van der Waals surface area contributed by atoms with Crippen LogP contribution >= 0.6 is 0 Å². The molecule has 6 heteroatoms. The smallest absolute Gasteiger partial charge is 0.251 e. The van der Waals surface area contributed by atoms with Gasteiger partial charge in [-0.15, -0.1) is 5.10 Å². The molecule has 0 unspecified atom stereocenters. The van der Waals surface area contributed by atoms with Crippen molar-refractivity contribution in [3.8, 4) is 5.69 Å². The Labute approximate surface area is 118 Å². The number of benzene rings is 1. The van der Waals surface area contributed by atoms with Crippen LogP contribution in [0.15, 0.2) is 24.3 Å². The molecule has 1 N–H and O–H groups in total. The van der Waals surface area contributed by atoms with Crippen molar-refractivity contribution in [2.75, 3.05) is 6.54 Å². The maximum atomic E-state index is 11.9. The largest absolute Gasteiger partial charge is 0.352 e. The number of tetrazole rings is 1. The Kier molecular flexibility index (Phi) is 4.45. The van der Waals surface area contributed by atoms with E-state index in [4.69, 9.17) is 0 Å². The summed E-state index contributed by atoms with van der Waals surface area (Å²) in [6.07, 6.45) is 0.980. The minimum atomic E-state index is -0.0503. The minimum Gasteiger partial charge on any atom is -0.352 e. The Bertz CT molecular complexity index is 574. The van der Waals surface area contributed by atoms with E-state index < -0.39 is 0 Å². The van der Waals surface area contributed by atoms with Gasteiger partial charge in [0, 0.05) is 12.1 Å². The molecule has 1 amide bonds. The molecule has 1 aromatic carbocycles. The van der Waals surface area contributed by atoms with Gasteiger partial charge in [-0.3, -0.25) is 4.79 Å². The maximum absolute atomic E-state index is 11.9. The summed E-state index contributed by atoms with van der Waals surface area (Å²) in [5.41, 5.74) is 1.48. The summed E-state index contributed by atoms with van der Waals surface area (Å²) in [5.74, 6) is 1.24. The number of hydrogen-bond acceptors (Lipinski definition) is 4. The van der Waals surface area contributed by atoms with Crippen molar-refractivity contribution in [2.24, 2.45) is 5.92 Å². The zero-order valence-corrected chi connectivity index (χ0v) is 12.0. The first-order valence-electron chi connectivity index (χ1n) is 6.71. The average molecular weight is 273 g/mol. The Morgan fingerprint density at radius 1 is 1.30 bits per heavy atom. The third-order valence-electron chi connectivity index (χ3n) is 3.01. The molecule has 0 bridgehead atoms. The first kappa shape index (κ1) is 14.2. The second kappa shape index (κ2) is 6.27. The first-order chi connectivity index (χ1) is 9.58. The molecule has 2 aromatic rings. The van der Waals surface area contributed by atoms with E-state index in [1.807, 2.05) is 19.1 Å². The summed E-state index contributed by atoms with van der Waals surface area (Å²) >= 11 is 0. The number of carbonyl (C=O) groups is 1. The number of aromatic nitrogens is 4. The van der Waals surface area contributed by atoms with Crippen LogP contribution in [0.25, 0.3) is 5.69 Å². The normalized spacial score (nSPS) is 10.8. The van der Waals surface area contributed by atoms with Crippen molar-refractivity contribution >= 4 is 5.91 Å². The Morgan fingerprint density at radius 3 is 2.55 bits per heavy atom. The van der Waals surface area contributed by atoms with Gasteiger partial charge in [-0.2, -0.15) is 4.68 Å². The lowest BCUT2D eigenvalue weighted by molar-refractivity contribution is 0.0952. The lowest BCUT2D eigenvalue weighted by atomic mass is 10.1. The quantitative estimate of drug-likeness (QED) is 0.900. The van der Waals surface area contributed by atoms with Gasteiger partial charge in [0.2, 0.25) is 0 Å². The highest BCUT2D eigenvalue weighted by Gasteiger charge is 2.07. The van der Waals surface area contributed by atoms with Crippen molar-refractivity contribution < 1.29 is 4.79 Å². The molecule has 20 heavy (non-hydrogen) atoms. The Hall–Kier alpha value is -2.24. The van der Waals surface area contributed by atoms with Crippen LogP contribution < -0.4 is 5.32 Å². The van der Waals surface area contributed by atoms with Crippen molar-refractivity contribution in [2.45, 2.75) is 27.2 Å². The second-order valence-corrected chi connectivity index (χ2v) is 5.12. The Morgan fingerprint density at radius 2 is 2.00 bits per heavy atom. The Balaban J connectivity index is 2.01. The SMILES string of the molecule is Cc1nnnn1-c1ccc(C(=O)NCCC(C)C)cc1. The molecular weight excluding hydrogens is 254 g/mol. The lowest BCUT2D eigenvalue weighted by Crippen LogP contribution is -2.25. The van der Waals surface area contributed by atoms with Crippen molar-refractivity contribution in [1.82, 2.24) is 25.5 Å². The predicted molar refractivity (Wildman–Crippen MR) is 75.7 cm³/mol. The topological polar surface area (TPSA) is 72.7 Å².